The Bertz CT molecular complexity index is 690. The monoisotopic (exact) mass is 359 g/mol. The summed E-state index contributed by atoms with van der Waals surface area (Å²) in [6.07, 6.45) is 4.16. The van der Waals surface area contributed by atoms with Crippen LogP contribution in [-0.4, -0.2) is 30.9 Å². The molecule has 1 atom stereocenters. The summed E-state index contributed by atoms with van der Waals surface area (Å²) in [6, 6.07) is 6.13. The third kappa shape index (κ3) is 5.79. The van der Waals surface area contributed by atoms with Gasteiger partial charge in [-0.25, -0.2) is 4.79 Å². The maximum absolute atomic E-state index is 11.8. The molecule has 1 aliphatic rings. The minimum Gasteiger partial charge on any atom is -0.493 e. The third-order valence-electron chi connectivity index (χ3n) is 3.94. The molecule has 1 aliphatic heterocycles. The van der Waals surface area contributed by atoms with Crippen molar-refractivity contribution in [3.8, 4) is 5.75 Å². The first kappa shape index (κ1) is 19.8. The van der Waals surface area contributed by atoms with E-state index in [4.69, 9.17) is 15.2 Å². The molecule has 6 heteroatoms. The van der Waals surface area contributed by atoms with Gasteiger partial charge in [0.1, 0.15) is 17.6 Å². The van der Waals surface area contributed by atoms with Gasteiger partial charge in [-0.3, -0.25) is 4.99 Å². The molecular weight excluding hydrogens is 330 g/mol. The number of benzene rings is 1. The van der Waals surface area contributed by atoms with E-state index >= 15 is 0 Å². The van der Waals surface area contributed by atoms with Crippen molar-refractivity contribution in [2.75, 3.05) is 18.5 Å². The Labute approximate surface area is 155 Å². The summed E-state index contributed by atoms with van der Waals surface area (Å²) in [7, 11) is 0. The van der Waals surface area contributed by atoms with Gasteiger partial charge in [0.05, 0.1) is 12.3 Å². The zero-order valence-corrected chi connectivity index (χ0v) is 16.0. The molecule has 3 N–H and O–H groups in total. The van der Waals surface area contributed by atoms with Crippen molar-refractivity contribution >= 4 is 17.9 Å². The highest BCUT2D eigenvalue weighted by Gasteiger charge is 2.23. The van der Waals surface area contributed by atoms with Gasteiger partial charge in [0.2, 0.25) is 0 Å². The number of carbonyl (C=O) groups is 1. The van der Waals surface area contributed by atoms with Crippen LogP contribution in [-0.2, 0) is 9.53 Å². The van der Waals surface area contributed by atoms with Crippen LogP contribution < -0.4 is 15.8 Å². The molecule has 1 aromatic carbocycles. The Morgan fingerprint density at radius 2 is 2.23 bits per heavy atom. The number of carbonyl (C=O) groups excluding carboxylic acids is 1. The van der Waals surface area contributed by atoms with E-state index in [9.17, 15) is 4.79 Å². The molecule has 0 saturated carbocycles. The average molecular weight is 359 g/mol. The number of anilines is 1. The van der Waals surface area contributed by atoms with Crippen LogP contribution in [0.15, 0.2) is 35.1 Å². The molecule has 142 valence electrons. The molecule has 0 aromatic heterocycles. The minimum absolute atomic E-state index is 0.239. The second kappa shape index (κ2) is 8.74. The standard InChI is InChI=1S/C20H29N3O3/c1-5-22-15-6-7-18-17(11-15)14(8-9-25-18)10-16(12-21)23-13-19(24)26-20(2,3)4/h6-7,11-14,22H,5,8-10,21H2,1-4H3/b16-12-,23-13+. The summed E-state index contributed by atoms with van der Waals surface area (Å²) in [5.41, 5.74) is 8.05. The lowest BCUT2D eigenvalue weighted by molar-refractivity contribution is -0.145. The van der Waals surface area contributed by atoms with Crippen LogP contribution in [0.2, 0.25) is 0 Å². The highest BCUT2D eigenvalue weighted by atomic mass is 16.6. The average Bonchev–Trinajstić information content (AvgIpc) is 2.57. The Morgan fingerprint density at radius 1 is 1.46 bits per heavy atom. The zero-order valence-electron chi connectivity index (χ0n) is 16.0. The van der Waals surface area contributed by atoms with E-state index in [2.05, 4.69) is 23.3 Å². The highest BCUT2D eigenvalue weighted by molar-refractivity contribution is 6.23. The van der Waals surface area contributed by atoms with Gasteiger partial charge in [0.15, 0.2) is 0 Å². The number of rotatable bonds is 6. The minimum atomic E-state index is -0.544. The second-order valence-corrected chi connectivity index (χ2v) is 7.27. The number of allylic oxidation sites excluding steroid dienone is 1. The van der Waals surface area contributed by atoms with Gasteiger partial charge in [-0.05, 0) is 70.2 Å². The predicted octanol–water partition coefficient (Wildman–Crippen LogP) is 3.59. The molecule has 6 nitrogen and oxygen atoms in total. The predicted molar refractivity (Wildman–Crippen MR) is 105 cm³/mol. The van der Waals surface area contributed by atoms with Crippen molar-refractivity contribution in [2.45, 2.75) is 52.1 Å². The van der Waals surface area contributed by atoms with E-state index < -0.39 is 11.6 Å². The van der Waals surface area contributed by atoms with E-state index in [0.717, 1.165) is 30.0 Å². The number of nitrogens with two attached hydrogens (primary N) is 1. The van der Waals surface area contributed by atoms with Crippen molar-refractivity contribution in [3.05, 3.63) is 35.7 Å². The normalized spacial score (nSPS) is 17.5. The van der Waals surface area contributed by atoms with Gasteiger partial charge in [-0.2, -0.15) is 0 Å². The van der Waals surface area contributed by atoms with Gasteiger partial charge in [0.25, 0.3) is 0 Å². The van der Waals surface area contributed by atoms with Gasteiger partial charge < -0.3 is 20.5 Å². The van der Waals surface area contributed by atoms with Gasteiger partial charge >= 0.3 is 5.97 Å². The summed E-state index contributed by atoms with van der Waals surface area (Å²) in [5.74, 6) is 0.664. The highest BCUT2D eigenvalue weighted by Crippen LogP contribution is 2.39. The Balaban J connectivity index is 2.10. The number of nitrogens with zero attached hydrogens (tertiary/aromatic N) is 1. The first-order valence-electron chi connectivity index (χ1n) is 9.01. The number of ether oxygens (including phenoxy) is 2. The van der Waals surface area contributed by atoms with Crippen molar-refractivity contribution in [3.63, 3.8) is 0 Å². The number of fused-ring (bicyclic) bond motifs is 1. The molecule has 0 saturated heterocycles. The maximum atomic E-state index is 11.8. The second-order valence-electron chi connectivity index (χ2n) is 7.27. The lowest BCUT2D eigenvalue weighted by Gasteiger charge is -2.26. The maximum Gasteiger partial charge on any atom is 0.349 e. The fourth-order valence-electron chi connectivity index (χ4n) is 2.87. The SMILES string of the molecule is CCNc1ccc2c(c1)C(CC(=C/N)/N=C/C(=O)OC(C)(C)C)CCO2. The molecule has 0 spiro atoms. The number of hydrogen-bond acceptors (Lipinski definition) is 6. The first-order chi connectivity index (χ1) is 12.3. The molecule has 0 fully saturated rings. The first-order valence-corrected chi connectivity index (χ1v) is 9.01. The van der Waals surface area contributed by atoms with Crippen LogP contribution in [0.25, 0.3) is 0 Å². The lowest BCUT2D eigenvalue weighted by atomic mass is 9.89. The van der Waals surface area contributed by atoms with Crippen LogP contribution in [0.1, 0.15) is 52.0 Å². The largest absolute Gasteiger partial charge is 0.493 e. The van der Waals surface area contributed by atoms with E-state index in [1.807, 2.05) is 32.9 Å². The van der Waals surface area contributed by atoms with E-state index in [-0.39, 0.29) is 5.92 Å². The fraction of sp³-hybridized carbons (Fsp3) is 0.500. The molecule has 1 heterocycles. The number of hydrogen-bond donors (Lipinski definition) is 2. The summed E-state index contributed by atoms with van der Waals surface area (Å²) in [5, 5.41) is 3.32. The van der Waals surface area contributed by atoms with Gasteiger partial charge in [0, 0.05) is 18.4 Å². The van der Waals surface area contributed by atoms with Crippen molar-refractivity contribution in [2.24, 2.45) is 10.7 Å². The molecule has 0 aliphatic carbocycles. The summed E-state index contributed by atoms with van der Waals surface area (Å²) < 4.78 is 11.0. The molecule has 1 aromatic rings. The van der Waals surface area contributed by atoms with E-state index in [1.165, 1.54) is 12.4 Å². The molecule has 0 bridgehead atoms. The molecule has 1 unspecified atom stereocenters. The van der Waals surface area contributed by atoms with Crippen LogP contribution >= 0.6 is 0 Å². The van der Waals surface area contributed by atoms with Gasteiger partial charge in [-0.1, -0.05) is 0 Å². The topological polar surface area (TPSA) is 85.9 Å². The summed E-state index contributed by atoms with van der Waals surface area (Å²) in [6.45, 7) is 9.04. The van der Waals surface area contributed by atoms with E-state index in [0.29, 0.717) is 18.7 Å². The smallest absolute Gasteiger partial charge is 0.349 e. The van der Waals surface area contributed by atoms with Crippen LogP contribution in [0.3, 0.4) is 0 Å². The number of esters is 1. The number of aliphatic imine (C=N–C) groups is 1. The molecule has 2 rings (SSSR count). The Kier molecular flexibility index (Phi) is 6.66. The third-order valence-corrected chi connectivity index (χ3v) is 3.94. The lowest BCUT2D eigenvalue weighted by Crippen LogP contribution is -2.24. The summed E-state index contributed by atoms with van der Waals surface area (Å²) >= 11 is 0. The van der Waals surface area contributed by atoms with Crippen molar-refractivity contribution in [1.82, 2.24) is 0 Å². The molecular formula is C20H29N3O3. The van der Waals surface area contributed by atoms with Crippen LogP contribution in [0, 0.1) is 0 Å². The molecule has 0 amide bonds. The Morgan fingerprint density at radius 3 is 2.88 bits per heavy atom. The number of nitrogens with one attached hydrogen (secondary N) is 1. The van der Waals surface area contributed by atoms with Crippen molar-refractivity contribution in [1.29, 1.82) is 0 Å². The van der Waals surface area contributed by atoms with E-state index in [1.54, 1.807) is 0 Å². The van der Waals surface area contributed by atoms with Crippen LogP contribution in [0.4, 0.5) is 5.69 Å². The molecule has 0 radical (unpaired) electrons. The van der Waals surface area contributed by atoms with Gasteiger partial charge in [-0.15, -0.1) is 0 Å². The summed E-state index contributed by atoms with van der Waals surface area (Å²) in [4.78, 5) is 16.1. The fourth-order valence-corrected chi connectivity index (χ4v) is 2.87. The Hall–Kier alpha value is -2.50. The molecule has 26 heavy (non-hydrogen) atoms. The van der Waals surface area contributed by atoms with Crippen molar-refractivity contribution < 1.29 is 14.3 Å². The quantitative estimate of drug-likeness (QED) is 0.599. The zero-order chi connectivity index (χ0) is 19.2. The van der Waals surface area contributed by atoms with Crippen LogP contribution in [0.5, 0.6) is 5.75 Å².